The molecule has 1 aliphatic rings. The SMILES string of the molecule is CC(=O)Oc1ccc(C2(c3ccc(OC(=O)c4ccc(Oc5ccc(C(C)=O)c(C)c5)cc4C)cc3)CCCCC2)cc1. The van der Waals surface area contributed by atoms with Gasteiger partial charge in [0.05, 0.1) is 5.56 Å². The van der Waals surface area contributed by atoms with Gasteiger partial charge in [0.15, 0.2) is 5.78 Å². The van der Waals surface area contributed by atoms with Crippen molar-refractivity contribution in [2.45, 2.75) is 65.2 Å². The molecule has 0 aliphatic heterocycles. The van der Waals surface area contributed by atoms with Crippen molar-refractivity contribution in [2.24, 2.45) is 0 Å². The van der Waals surface area contributed by atoms with Crippen molar-refractivity contribution in [1.29, 1.82) is 0 Å². The highest BCUT2D eigenvalue weighted by atomic mass is 16.5. The Bertz CT molecular complexity index is 1640. The maximum atomic E-state index is 13.1. The van der Waals surface area contributed by atoms with E-state index in [1.54, 1.807) is 37.3 Å². The van der Waals surface area contributed by atoms with E-state index in [9.17, 15) is 14.4 Å². The molecule has 5 rings (SSSR count). The molecular weight excluding hydrogens is 540 g/mol. The van der Waals surface area contributed by atoms with Gasteiger partial charge in [-0.05, 0) is 117 Å². The molecule has 6 nitrogen and oxygen atoms in total. The van der Waals surface area contributed by atoms with E-state index in [0.717, 1.165) is 36.8 Å². The number of benzene rings is 4. The van der Waals surface area contributed by atoms with Gasteiger partial charge >= 0.3 is 11.9 Å². The minimum atomic E-state index is -0.438. The molecule has 0 aromatic heterocycles. The topological polar surface area (TPSA) is 78.9 Å². The Kier molecular flexibility index (Phi) is 8.76. The first-order valence-corrected chi connectivity index (χ1v) is 14.7. The number of esters is 2. The summed E-state index contributed by atoms with van der Waals surface area (Å²) in [4.78, 5) is 36.2. The molecule has 1 saturated carbocycles. The second-order valence-electron chi connectivity index (χ2n) is 11.3. The van der Waals surface area contributed by atoms with E-state index in [1.807, 2.05) is 44.2 Å². The minimum Gasteiger partial charge on any atom is -0.457 e. The number of hydrogen-bond donors (Lipinski definition) is 0. The molecule has 0 atom stereocenters. The zero-order valence-corrected chi connectivity index (χ0v) is 25.1. The second-order valence-corrected chi connectivity index (χ2v) is 11.3. The molecule has 0 heterocycles. The summed E-state index contributed by atoms with van der Waals surface area (Å²) in [6.07, 6.45) is 5.51. The lowest BCUT2D eigenvalue weighted by Crippen LogP contribution is -2.30. The summed E-state index contributed by atoms with van der Waals surface area (Å²) in [5.41, 5.74) is 4.92. The highest BCUT2D eigenvalue weighted by Gasteiger charge is 2.35. The summed E-state index contributed by atoms with van der Waals surface area (Å²) >= 11 is 0. The van der Waals surface area contributed by atoms with E-state index in [0.29, 0.717) is 34.1 Å². The van der Waals surface area contributed by atoms with E-state index in [-0.39, 0.29) is 17.2 Å². The largest absolute Gasteiger partial charge is 0.457 e. The average Bonchev–Trinajstić information content (AvgIpc) is 2.98. The predicted molar refractivity (Wildman–Crippen MR) is 165 cm³/mol. The molecule has 1 aliphatic carbocycles. The Labute approximate surface area is 252 Å². The lowest BCUT2D eigenvalue weighted by atomic mass is 9.65. The summed E-state index contributed by atoms with van der Waals surface area (Å²) in [6.45, 7) is 6.66. The number of Topliss-reactive ketones (excluding diaryl/α,β-unsaturated/α-hetero) is 1. The molecule has 0 saturated heterocycles. The Morgan fingerprint density at radius 1 is 0.581 bits per heavy atom. The van der Waals surface area contributed by atoms with Crippen LogP contribution in [0.15, 0.2) is 84.9 Å². The third kappa shape index (κ3) is 6.69. The van der Waals surface area contributed by atoms with Gasteiger partial charge in [0.25, 0.3) is 0 Å². The van der Waals surface area contributed by atoms with Crippen molar-refractivity contribution < 1.29 is 28.6 Å². The van der Waals surface area contributed by atoms with Crippen LogP contribution in [0.1, 0.15) is 88.9 Å². The van der Waals surface area contributed by atoms with Crippen LogP contribution in [0.4, 0.5) is 0 Å². The summed E-state index contributed by atoms with van der Waals surface area (Å²) < 4.78 is 17.0. The molecule has 0 spiro atoms. The van der Waals surface area contributed by atoms with Crippen LogP contribution < -0.4 is 14.2 Å². The van der Waals surface area contributed by atoms with Gasteiger partial charge in [-0.25, -0.2) is 4.79 Å². The third-order valence-electron chi connectivity index (χ3n) is 8.22. The molecule has 4 aromatic rings. The Morgan fingerprint density at radius 3 is 1.51 bits per heavy atom. The maximum Gasteiger partial charge on any atom is 0.343 e. The van der Waals surface area contributed by atoms with E-state index < -0.39 is 5.97 Å². The normalized spacial score (nSPS) is 14.0. The molecule has 0 amide bonds. The summed E-state index contributed by atoms with van der Waals surface area (Å²) in [7, 11) is 0. The van der Waals surface area contributed by atoms with Crippen molar-refractivity contribution in [3.63, 3.8) is 0 Å². The van der Waals surface area contributed by atoms with Crippen LogP contribution in [0.2, 0.25) is 0 Å². The predicted octanol–water partition coefficient (Wildman–Crippen LogP) is 8.69. The molecule has 0 unspecified atom stereocenters. The van der Waals surface area contributed by atoms with Gasteiger partial charge in [0.2, 0.25) is 0 Å². The number of rotatable bonds is 8. The van der Waals surface area contributed by atoms with Gasteiger partial charge in [0, 0.05) is 17.9 Å². The van der Waals surface area contributed by atoms with Crippen molar-refractivity contribution in [3.8, 4) is 23.0 Å². The van der Waals surface area contributed by atoms with Crippen LogP contribution in [0.25, 0.3) is 0 Å². The Balaban J connectivity index is 1.29. The number of ether oxygens (including phenoxy) is 3. The molecule has 4 aromatic carbocycles. The molecule has 0 radical (unpaired) electrons. The number of hydrogen-bond acceptors (Lipinski definition) is 6. The van der Waals surface area contributed by atoms with Gasteiger partial charge in [-0.15, -0.1) is 0 Å². The first kappa shape index (κ1) is 29.8. The zero-order valence-electron chi connectivity index (χ0n) is 25.1. The first-order valence-electron chi connectivity index (χ1n) is 14.7. The van der Waals surface area contributed by atoms with Gasteiger partial charge in [-0.1, -0.05) is 43.5 Å². The van der Waals surface area contributed by atoms with Crippen molar-refractivity contribution in [3.05, 3.63) is 118 Å². The highest BCUT2D eigenvalue weighted by molar-refractivity contribution is 5.95. The van der Waals surface area contributed by atoms with E-state index in [2.05, 4.69) is 24.3 Å². The fourth-order valence-corrected chi connectivity index (χ4v) is 6.07. The molecule has 1 fully saturated rings. The minimum absolute atomic E-state index is 0.0122. The van der Waals surface area contributed by atoms with Gasteiger partial charge in [-0.3, -0.25) is 9.59 Å². The fraction of sp³-hybridized carbons (Fsp3) is 0.270. The molecular formula is C37H36O6. The molecule has 0 N–H and O–H groups in total. The first-order chi connectivity index (χ1) is 20.6. The van der Waals surface area contributed by atoms with E-state index in [4.69, 9.17) is 14.2 Å². The number of ketones is 1. The second kappa shape index (κ2) is 12.7. The summed E-state index contributed by atoms with van der Waals surface area (Å²) in [6, 6.07) is 26.2. The molecule has 220 valence electrons. The van der Waals surface area contributed by atoms with Crippen LogP contribution in [-0.2, 0) is 10.2 Å². The third-order valence-corrected chi connectivity index (χ3v) is 8.22. The van der Waals surface area contributed by atoms with Crippen molar-refractivity contribution in [2.75, 3.05) is 0 Å². The van der Waals surface area contributed by atoms with E-state index >= 15 is 0 Å². The number of aryl methyl sites for hydroxylation is 2. The lowest BCUT2D eigenvalue weighted by Gasteiger charge is -2.38. The monoisotopic (exact) mass is 576 g/mol. The van der Waals surface area contributed by atoms with Gasteiger partial charge < -0.3 is 14.2 Å². The Hall–Kier alpha value is -4.71. The van der Waals surface area contributed by atoms with Crippen LogP contribution in [-0.4, -0.2) is 17.7 Å². The van der Waals surface area contributed by atoms with Gasteiger partial charge in [-0.2, -0.15) is 0 Å². The van der Waals surface area contributed by atoms with E-state index in [1.165, 1.54) is 24.5 Å². The number of carbonyl (C=O) groups is 3. The van der Waals surface area contributed by atoms with Crippen LogP contribution in [0.5, 0.6) is 23.0 Å². The molecule has 6 heteroatoms. The number of carbonyl (C=O) groups excluding carboxylic acids is 3. The Morgan fingerprint density at radius 2 is 1.05 bits per heavy atom. The summed E-state index contributed by atoms with van der Waals surface area (Å²) in [5, 5.41) is 0. The molecule has 0 bridgehead atoms. The van der Waals surface area contributed by atoms with Crippen LogP contribution >= 0.6 is 0 Å². The van der Waals surface area contributed by atoms with Crippen LogP contribution in [0.3, 0.4) is 0 Å². The maximum absolute atomic E-state index is 13.1. The van der Waals surface area contributed by atoms with Crippen molar-refractivity contribution >= 4 is 17.7 Å². The zero-order chi connectivity index (χ0) is 30.6. The smallest absolute Gasteiger partial charge is 0.343 e. The average molecular weight is 577 g/mol. The van der Waals surface area contributed by atoms with Gasteiger partial charge in [0.1, 0.15) is 23.0 Å². The quantitative estimate of drug-likeness (QED) is 0.119. The highest BCUT2D eigenvalue weighted by Crippen LogP contribution is 2.45. The standard InChI is InChI=1S/C37H36O6/c1-24-22-32(16-18-34(24)26(3)38)42-33-17-19-35(25(2)23-33)36(40)43-31-14-10-29(11-15-31)37(20-6-5-7-21-37)28-8-12-30(13-9-28)41-27(4)39/h8-19,22-23H,5-7,20-21H2,1-4H3. The van der Waals surface area contributed by atoms with Crippen molar-refractivity contribution in [1.82, 2.24) is 0 Å². The fourth-order valence-electron chi connectivity index (χ4n) is 6.07. The summed E-state index contributed by atoms with van der Waals surface area (Å²) in [5.74, 6) is 1.46. The lowest BCUT2D eigenvalue weighted by molar-refractivity contribution is -0.131. The van der Waals surface area contributed by atoms with Crippen LogP contribution in [0, 0.1) is 13.8 Å². The molecule has 43 heavy (non-hydrogen) atoms.